The lowest BCUT2D eigenvalue weighted by Crippen LogP contribution is -2.46. The molecule has 1 heterocycles. The minimum atomic E-state index is -3.58. The summed E-state index contributed by atoms with van der Waals surface area (Å²) in [7, 11) is -3.58. The van der Waals surface area contributed by atoms with Gasteiger partial charge in [-0.2, -0.15) is 0 Å². The van der Waals surface area contributed by atoms with E-state index in [1.165, 1.54) is 34.8 Å². The van der Waals surface area contributed by atoms with E-state index in [4.69, 9.17) is 10.2 Å². The molecule has 0 bridgehead atoms. The first kappa shape index (κ1) is 31.8. The maximum Gasteiger partial charge on any atom is 0.295 e. The zero-order valence-electron chi connectivity index (χ0n) is 22.5. The first-order chi connectivity index (χ1) is 16.9. The summed E-state index contributed by atoms with van der Waals surface area (Å²) in [6.07, 6.45) is 18.9. The first-order valence-corrected chi connectivity index (χ1v) is 15.3. The molecule has 202 valence electrons. The van der Waals surface area contributed by atoms with Gasteiger partial charge in [-0.3, -0.25) is 4.79 Å². The fourth-order valence-electron chi connectivity index (χ4n) is 3.44. The molecule has 0 aromatic carbocycles. The number of sulfone groups is 1. The maximum absolute atomic E-state index is 12.4. The highest BCUT2D eigenvalue weighted by Crippen LogP contribution is 2.24. The summed E-state index contributed by atoms with van der Waals surface area (Å²) in [6, 6.07) is -1.11. The fraction of sp³-hybridized carbons (Fsp3) is 0.556. The summed E-state index contributed by atoms with van der Waals surface area (Å²) in [5.74, 6) is -0.337. The molecule has 7 nitrogen and oxygen atoms in total. The number of allylic oxidation sites excluding steroid dienone is 7. The molecule has 1 aromatic rings. The lowest BCUT2D eigenvalue weighted by atomic mass is 10.0. The molecular weight excluding hydrogens is 494 g/mol. The van der Waals surface area contributed by atoms with Crippen LogP contribution in [0.25, 0.3) is 0 Å². The van der Waals surface area contributed by atoms with Crippen LogP contribution >= 0.6 is 11.8 Å². The molecule has 0 saturated carbocycles. The van der Waals surface area contributed by atoms with Crippen LogP contribution in [0.3, 0.4) is 0 Å². The van der Waals surface area contributed by atoms with E-state index in [0.717, 1.165) is 56.5 Å². The summed E-state index contributed by atoms with van der Waals surface area (Å²) < 4.78 is 28.8. The lowest BCUT2D eigenvalue weighted by molar-refractivity contribution is -0.118. The molecule has 2 unspecified atom stereocenters. The Bertz CT molecular complexity index is 1040. The van der Waals surface area contributed by atoms with Crippen molar-refractivity contribution in [1.29, 1.82) is 0 Å². The Hall–Kier alpha value is -2.26. The van der Waals surface area contributed by atoms with Crippen LogP contribution in [0.4, 0.5) is 6.01 Å². The molecule has 0 spiro atoms. The number of rotatable bonds is 17. The molecular formula is C27H43N3O4S2. The first-order valence-electron chi connectivity index (χ1n) is 12.3. The number of nitrogens with zero attached hydrogens (tertiary/aromatic N) is 1. The number of nitrogens with one attached hydrogen (secondary N) is 1. The van der Waals surface area contributed by atoms with E-state index in [1.807, 2.05) is 13.0 Å². The van der Waals surface area contributed by atoms with Crippen LogP contribution in [0.5, 0.6) is 0 Å². The topological polar surface area (TPSA) is 115 Å². The second kappa shape index (κ2) is 16.5. The van der Waals surface area contributed by atoms with E-state index >= 15 is 0 Å². The van der Waals surface area contributed by atoms with Crippen LogP contribution in [-0.2, 0) is 14.6 Å². The standard InChI is InChI=1S/C27H43N3O4S2/c1-20(2)10-7-11-21(3)12-8-13-22(4)14-9-15-23(5)16-19-35-26(36(6,32)33)24(25(28)31)30-27-29-17-18-34-27/h10,12,14,16-18,24,26H,7-9,11,13,15,19H2,1-6H3,(H2,28,31)(H,29,30). The Kier molecular flexibility index (Phi) is 14.5. The van der Waals surface area contributed by atoms with E-state index in [-0.39, 0.29) is 6.01 Å². The predicted octanol–water partition coefficient (Wildman–Crippen LogP) is 6.19. The SMILES string of the molecule is CC(C)=CCCC(C)=CCCC(C)=CCCC(C)=CCSC(C(Nc1ncco1)C(N)=O)S(C)(=O)=O. The number of primary amides is 1. The smallest absolute Gasteiger partial charge is 0.295 e. The van der Waals surface area contributed by atoms with Gasteiger partial charge in [0.1, 0.15) is 16.9 Å². The van der Waals surface area contributed by atoms with Gasteiger partial charge in [0.2, 0.25) is 5.91 Å². The molecule has 0 aliphatic rings. The average molecular weight is 538 g/mol. The Labute approximate surface area is 221 Å². The number of carbonyl (C=O) groups excluding carboxylic acids is 1. The molecule has 1 aromatic heterocycles. The van der Waals surface area contributed by atoms with Crippen molar-refractivity contribution >= 4 is 33.5 Å². The van der Waals surface area contributed by atoms with Gasteiger partial charge in [0.05, 0.1) is 6.20 Å². The van der Waals surface area contributed by atoms with Crippen molar-refractivity contribution in [3.63, 3.8) is 0 Å². The number of carbonyl (C=O) groups is 1. The summed E-state index contributed by atoms with van der Waals surface area (Å²) >= 11 is 1.15. The summed E-state index contributed by atoms with van der Waals surface area (Å²) in [5, 5.41) is 2.70. The molecule has 2 atom stereocenters. The average Bonchev–Trinajstić information content (AvgIpc) is 3.27. The van der Waals surface area contributed by atoms with Crippen LogP contribution in [-0.4, -0.2) is 41.9 Å². The van der Waals surface area contributed by atoms with Gasteiger partial charge in [0.15, 0.2) is 9.84 Å². The van der Waals surface area contributed by atoms with Crippen molar-refractivity contribution < 1.29 is 17.6 Å². The van der Waals surface area contributed by atoms with Crippen LogP contribution in [0, 0.1) is 0 Å². The van der Waals surface area contributed by atoms with Crippen LogP contribution in [0.2, 0.25) is 0 Å². The quantitative estimate of drug-likeness (QED) is 0.228. The minimum Gasteiger partial charge on any atom is -0.432 e. The van der Waals surface area contributed by atoms with Crippen molar-refractivity contribution in [1.82, 2.24) is 4.98 Å². The number of hydrogen-bond donors (Lipinski definition) is 2. The molecule has 3 N–H and O–H groups in total. The van der Waals surface area contributed by atoms with E-state index < -0.39 is 26.4 Å². The van der Waals surface area contributed by atoms with Gasteiger partial charge in [-0.25, -0.2) is 13.4 Å². The Balaban J connectivity index is 2.54. The van der Waals surface area contributed by atoms with Gasteiger partial charge in [0.25, 0.3) is 6.01 Å². The number of thioether (sulfide) groups is 1. The lowest BCUT2D eigenvalue weighted by Gasteiger charge is -2.22. The highest BCUT2D eigenvalue weighted by molar-refractivity contribution is 8.13. The number of nitrogens with two attached hydrogens (primary N) is 1. The predicted molar refractivity (Wildman–Crippen MR) is 153 cm³/mol. The molecule has 0 saturated heterocycles. The molecule has 0 aliphatic carbocycles. The van der Waals surface area contributed by atoms with Crippen molar-refractivity contribution in [3.8, 4) is 0 Å². The van der Waals surface area contributed by atoms with Crippen molar-refractivity contribution in [2.75, 3.05) is 17.3 Å². The molecule has 0 aliphatic heterocycles. The number of oxazole rings is 1. The molecule has 1 amide bonds. The summed E-state index contributed by atoms with van der Waals surface area (Å²) in [6.45, 7) is 10.7. The second-order valence-corrected chi connectivity index (χ2v) is 13.1. The van der Waals surface area contributed by atoms with Crippen molar-refractivity contribution in [3.05, 3.63) is 59.1 Å². The van der Waals surface area contributed by atoms with Gasteiger partial charge >= 0.3 is 0 Å². The molecule has 0 radical (unpaired) electrons. The van der Waals surface area contributed by atoms with Crippen molar-refractivity contribution in [2.45, 2.75) is 83.8 Å². The van der Waals surface area contributed by atoms with Gasteiger partial charge in [-0.1, -0.05) is 46.6 Å². The Morgan fingerprint density at radius 3 is 1.97 bits per heavy atom. The largest absolute Gasteiger partial charge is 0.432 e. The Morgan fingerprint density at radius 1 is 1.00 bits per heavy atom. The van der Waals surface area contributed by atoms with Crippen LogP contribution in [0.15, 0.2) is 63.5 Å². The van der Waals surface area contributed by atoms with Crippen LogP contribution in [0.1, 0.15) is 73.1 Å². The summed E-state index contributed by atoms with van der Waals surface area (Å²) in [5.41, 5.74) is 10.8. The molecule has 9 heteroatoms. The highest BCUT2D eigenvalue weighted by Gasteiger charge is 2.35. The highest BCUT2D eigenvalue weighted by atomic mass is 32.3. The number of amides is 1. The van der Waals surface area contributed by atoms with E-state index in [0.29, 0.717) is 5.75 Å². The van der Waals surface area contributed by atoms with Crippen LogP contribution < -0.4 is 11.1 Å². The third kappa shape index (κ3) is 13.7. The number of hydrogen-bond acceptors (Lipinski definition) is 7. The van der Waals surface area contributed by atoms with E-state index in [2.05, 4.69) is 56.2 Å². The summed E-state index contributed by atoms with van der Waals surface area (Å²) in [4.78, 5) is 15.9. The molecule has 36 heavy (non-hydrogen) atoms. The fourth-order valence-corrected chi connectivity index (χ4v) is 6.33. The Morgan fingerprint density at radius 2 is 1.53 bits per heavy atom. The normalized spacial score (nSPS) is 14.9. The number of anilines is 1. The van der Waals surface area contributed by atoms with Gasteiger partial charge in [0, 0.05) is 12.0 Å². The zero-order valence-corrected chi connectivity index (χ0v) is 24.2. The molecule has 0 fully saturated rings. The number of aromatic nitrogens is 1. The second-order valence-electron chi connectivity index (χ2n) is 9.44. The third-order valence-electron chi connectivity index (χ3n) is 5.56. The minimum absolute atomic E-state index is 0.0521. The van der Waals surface area contributed by atoms with Gasteiger partial charge in [-0.05, 0) is 73.1 Å². The van der Waals surface area contributed by atoms with Crippen molar-refractivity contribution in [2.24, 2.45) is 5.73 Å². The third-order valence-corrected chi connectivity index (χ3v) is 9.09. The monoisotopic (exact) mass is 537 g/mol. The van der Waals surface area contributed by atoms with E-state index in [1.54, 1.807) is 0 Å². The molecule has 1 rings (SSSR count). The van der Waals surface area contributed by atoms with Gasteiger partial charge in [-0.15, -0.1) is 11.8 Å². The van der Waals surface area contributed by atoms with Gasteiger partial charge < -0.3 is 15.5 Å². The maximum atomic E-state index is 12.4. The van der Waals surface area contributed by atoms with E-state index in [9.17, 15) is 13.2 Å². The zero-order chi connectivity index (χ0) is 27.1.